The number of carbonyl (C=O) groups excluding carboxylic acids is 1. The van der Waals surface area contributed by atoms with Crippen molar-refractivity contribution in [2.45, 2.75) is 25.5 Å². The number of carbonyl (C=O) groups is 1. The molecule has 23 heavy (non-hydrogen) atoms. The topological polar surface area (TPSA) is 50.8 Å². The standard InChI is InChI=1S/C15H20F2N2O3.ClH/c1-18-11-4-3-7-19(9-11)14(20)10-5-6-12(22-15(16)17)13(8-10)21-2;/h5-6,8,11,15,18H,3-4,7,9H2,1-2H3;1H. The molecule has 0 saturated carbocycles. The maximum Gasteiger partial charge on any atom is 0.387 e. The first-order chi connectivity index (χ1) is 10.5. The number of nitrogens with one attached hydrogen (secondary N) is 1. The third-order valence-electron chi connectivity index (χ3n) is 3.74. The summed E-state index contributed by atoms with van der Waals surface area (Å²) in [4.78, 5) is 14.3. The summed E-state index contributed by atoms with van der Waals surface area (Å²) >= 11 is 0. The molecular weight excluding hydrogens is 330 g/mol. The van der Waals surface area contributed by atoms with Crippen LogP contribution in [-0.4, -0.2) is 50.7 Å². The first kappa shape index (κ1) is 19.4. The van der Waals surface area contributed by atoms with Gasteiger partial charge in [0.1, 0.15) is 0 Å². The van der Waals surface area contributed by atoms with Crippen LogP contribution in [0.1, 0.15) is 23.2 Å². The van der Waals surface area contributed by atoms with Gasteiger partial charge in [-0.05, 0) is 38.1 Å². The number of hydrogen-bond acceptors (Lipinski definition) is 4. The van der Waals surface area contributed by atoms with Crippen molar-refractivity contribution in [1.29, 1.82) is 0 Å². The van der Waals surface area contributed by atoms with E-state index in [1.807, 2.05) is 7.05 Å². The fourth-order valence-electron chi connectivity index (χ4n) is 2.57. The van der Waals surface area contributed by atoms with E-state index in [9.17, 15) is 13.6 Å². The summed E-state index contributed by atoms with van der Waals surface area (Å²) in [5, 5.41) is 3.17. The van der Waals surface area contributed by atoms with Crippen molar-refractivity contribution in [2.75, 3.05) is 27.2 Å². The quantitative estimate of drug-likeness (QED) is 0.886. The number of nitrogens with zero attached hydrogens (tertiary/aromatic N) is 1. The van der Waals surface area contributed by atoms with E-state index >= 15 is 0 Å². The smallest absolute Gasteiger partial charge is 0.387 e. The molecule has 1 atom stereocenters. The van der Waals surface area contributed by atoms with E-state index in [1.54, 1.807) is 4.90 Å². The van der Waals surface area contributed by atoms with Crippen molar-refractivity contribution in [3.63, 3.8) is 0 Å². The van der Waals surface area contributed by atoms with E-state index in [0.717, 1.165) is 12.8 Å². The van der Waals surface area contributed by atoms with Crippen LogP contribution in [0.5, 0.6) is 11.5 Å². The predicted molar refractivity (Wildman–Crippen MR) is 84.9 cm³/mol. The van der Waals surface area contributed by atoms with Gasteiger partial charge in [0.25, 0.3) is 5.91 Å². The molecule has 1 unspecified atom stereocenters. The highest BCUT2D eigenvalue weighted by molar-refractivity contribution is 5.95. The average Bonchev–Trinajstić information content (AvgIpc) is 2.54. The number of benzene rings is 1. The van der Waals surface area contributed by atoms with Crippen molar-refractivity contribution < 1.29 is 23.0 Å². The monoisotopic (exact) mass is 350 g/mol. The molecule has 0 aliphatic carbocycles. The third-order valence-corrected chi connectivity index (χ3v) is 3.74. The Morgan fingerprint density at radius 2 is 2.13 bits per heavy atom. The zero-order valence-electron chi connectivity index (χ0n) is 13.1. The van der Waals surface area contributed by atoms with Crippen LogP contribution in [0.2, 0.25) is 0 Å². The molecule has 1 amide bonds. The van der Waals surface area contributed by atoms with Gasteiger partial charge < -0.3 is 19.7 Å². The number of ether oxygens (including phenoxy) is 2. The number of methoxy groups -OCH3 is 1. The molecule has 8 heteroatoms. The summed E-state index contributed by atoms with van der Waals surface area (Å²) in [6, 6.07) is 4.52. The number of alkyl halides is 2. The van der Waals surface area contributed by atoms with Gasteiger partial charge in [0.15, 0.2) is 11.5 Å². The second kappa shape index (κ2) is 8.88. The summed E-state index contributed by atoms with van der Waals surface area (Å²) in [7, 11) is 3.22. The Morgan fingerprint density at radius 3 is 2.74 bits per heavy atom. The SMILES string of the molecule is CNC1CCCN(C(=O)c2ccc(OC(F)F)c(OC)c2)C1.Cl. The summed E-state index contributed by atoms with van der Waals surface area (Å²) in [6.45, 7) is -1.62. The Balaban J connectivity index is 0.00000264. The Labute approximate surface area is 140 Å². The molecule has 5 nitrogen and oxygen atoms in total. The van der Waals surface area contributed by atoms with E-state index in [-0.39, 0.29) is 35.9 Å². The molecule has 0 aromatic heterocycles. The Hall–Kier alpha value is -1.60. The Kier molecular flexibility index (Phi) is 7.51. The summed E-state index contributed by atoms with van der Waals surface area (Å²) in [5.74, 6) is -0.101. The van der Waals surface area contributed by atoms with Gasteiger partial charge in [0.05, 0.1) is 7.11 Å². The second-order valence-corrected chi connectivity index (χ2v) is 5.12. The van der Waals surface area contributed by atoms with Crippen molar-refractivity contribution in [3.05, 3.63) is 23.8 Å². The molecule has 130 valence electrons. The van der Waals surface area contributed by atoms with Gasteiger partial charge >= 0.3 is 6.61 Å². The summed E-state index contributed by atoms with van der Waals surface area (Å²) in [5.41, 5.74) is 0.398. The third kappa shape index (κ3) is 4.94. The fourth-order valence-corrected chi connectivity index (χ4v) is 2.57. The van der Waals surface area contributed by atoms with Crippen LogP contribution >= 0.6 is 12.4 Å². The Morgan fingerprint density at radius 1 is 1.39 bits per heavy atom. The lowest BCUT2D eigenvalue weighted by Gasteiger charge is -2.32. The van der Waals surface area contributed by atoms with Crippen LogP contribution in [0.15, 0.2) is 18.2 Å². The number of halogens is 3. The zero-order chi connectivity index (χ0) is 16.1. The van der Waals surface area contributed by atoms with Crippen LogP contribution in [0.3, 0.4) is 0 Å². The molecule has 1 aromatic rings. The van der Waals surface area contributed by atoms with Crippen molar-refractivity contribution >= 4 is 18.3 Å². The fraction of sp³-hybridized carbons (Fsp3) is 0.533. The lowest BCUT2D eigenvalue weighted by atomic mass is 10.0. The maximum atomic E-state index is 12.5. The van der Waals surface area contributed by atoms with Gasteiger partial charge in [-0.3, -0.25) is 4.79 Å². The number of amides is 1. The van der Waals surface area contributed by atoms with E-state index in [0.29, 0.717) is 18.7 Å². The number of hydrogen-bond donors (Lipinski definition) is 1. The average molecular weight is 351 g/mol. The van der Waals surface area contributed by atoms with Gasteiger partial charge in [-0.25, -0.2) is 0 Å². The molecule has 0 radical (unpaired) electrons. The lowest BCUT2D eigenvalue weighted by molar-refractivity contribution is -0.0512. The molecule has 1 heterocycles. The van der Waals surface area contributed by atoms with Crippen molar-refractivity contribution in [2.24, 2.45) is 0 Å². The first-order valence-corrected chi connectivity index (χ1v) is 7.14. The van der Waals surface area contributed by atoms with Gasteiger partial charge in [0, 0.05) is 24.7 Å². The largest absolute Gasteiger partial charge is 0.493 e. The number of likely N-dealkylation sites (tertiary alicyclic amines) is 1. The van der Waals surface area contributed by atoms with Crippen molar-refractivity contribution in [1.82, 2.24) is 10.2 Å². The molecule has 2 rings (SSSR count). The molecular formula is C15H21ClF2N2O3. The molecule has 1 aliphatic heterocycles. The highest BCUT2D eigenvalue weighted by Crippen LogP contribution is 2.30. The van der Waals surface area contributed by atoms with Crippen LogP contribution in [-0.2, 0) is 0 Å². The number of piperidine rings is 1. The highest BCUT2D eigenvalue weighted by Gasteiger charge is 2.24. The molecule has 1 N–H and O–H groups in total. The van der Waals surface area contributed by atoms with E-state index in [4.69, 9.17) is 4.74 Å². The van der Waals surface area contributed by atoms with E-state index < -0.39 is 6.61 Å². The number of rotatable bonds is 5. The van der Waals surface area contributed by atoms with E-state index in [2.05, 4.69) is 10.1 Å². The van der Waals surface area contributed by atoms with Crippen LogP contribution < -0.4 is 14.8 Å². The molecule has 1 fully saturated rings. The Bertz CT molecular complexity index is 531. The predicted octanol–water partition coefficient (Wildman–Crippen LogP) is 2.54. The highest BCUT2D eigenvalue weighted by atomic mass is 35.5. The minimum absolute atomic E-state index is 0. The molecule has 1 aromatic carbocycles. The minimum atomic E-state index is -2.94. The van der Waals surface area contributed by atoms with Crippen LogP contribution in [0.25, 0.3) is 0 Å². The summed E-state index contributed by atoms with van der Waals surface area (Å²) < 4.78 is 34.0. The van der Waals surface area contributed by atoms with E-state index in [1.165, 1.54) is 25.3 Å². The second-order valence-electron chi connectivity index (χ2n) is 5.12. The molecule has 0 bridgehead atoms. The number of likely N-dealkylation sites (N-methyl/N-ethyl adjacent to an activating group) is 1. The normalized spacial score (nSPS) is 17.6. The molecule has 1 aliphatic rings. The van der Waals surface area contributed by atoms with Gasteiger partial charge in [-0.15, -0.1) is 12.4 Å². The van der Waals surface area contributed by atoms with Gasteiger partial charge in [0.2, 0.25) is 0 Å². The molecule has 0 spiro atoms. The minimum Gasteiger partial charge on any atom is -0.493 e. The molecule has 1 saturated heterocycles. The van der Waals surface area contributed by atoms with Gasteiger partial charge in [-0.2, -0.15) is 8.78 Å². The van der Waals surface area contributed by atoms with Gasteiger partial charge in [-0.1, -0.05) is 0 Å². The van der Waals surface area contributed by atoms with Crippen molar-refractivity contribution in [3.8, 4) is 11.5 Å². The zero-order valence-corrected chi connectivity index (χ0v) is 13.9. The van der Waals surface area contributed by atoms with Crippen LogP contribution in [0, 0.1) is 0 Å². The van der Waals surface area contributed by atoms with Crippen LogP contribution in [0.4, 0.5) is 8.78 Å². The summed E-state index contributed by atoms with van der Waals surface area (Å²) in [6.07, 6.45) is 1.96. The maximum absolute atomic E-state index is 12.5. The first-order valence-electron chi connectivity index (χ1n) is 7.14. The lowest BCUT2D eigenvalue weighted by Crippen LogP contribution is -2.46.